The summed E-state index contributed by atoms with van der Waals surface area (Å²) in [5, 5.41) is 9.46. The molecule has 0 saturated heterocycles. The van der Waals surface area contributed by atoms with Gasteiger partial charge in [-0.1, -0.05) is 0 Å². The molecule has 1 aromatic carbocycles. The van der Waals surface area contributed by atoms with Crippen LogP contribution in [0, 0.1) is 5.82 Å². The van der Waals surface area contributed by atoms with Crippen LogP contribution in [0.3, 0.4) is 0 Å². The number of nitrogens with one attached hydrogen (secondary N) is 1. The highest BCUT2D eigenvalue weighted by Gasteiger charge is 2.24. The van der Waals surface area contributed by atoms with Gasteiger partial charge in [0.2, 0.25) is 10.0 Å². The first-order valence-corrected chi connectivity index (χ1v) is 8.92. The van der Waals surface area contributed by atoms with E-state index in [-0.39, 0.29) is 11.4 Å². The van der Waals surface area contributed by atoms with Crippen molar-refractivity contribution < 1.29 is 26.3 Å². The summed E-state index contributed by atoms with van der Waals surface area (Å²) in [4.78, 5) is -1.08. The zero-order valence-corrected chi connectivity index (χ0v) is 12.8. The van der Waals surface area contributed by atoms with Crippen LogP contribution >= 0.6 is 0 Å². The minimum atomic E-state index is -4.26. The lowest BCUT2D eigenvalue weighted by molar-refractivity contribution is 0.0857. The van der Waals surface area contributed by atoms with Gasteiger partial charge >= 0.3 is 0 Å². The van der Waals surface area contributed by atoms with Crippen molar-refractivity contribution in [2.24, 2.45) is 0 Å². The fourth-order valence-electron chi connectivity index (χ4n) is 1.27. The van der Waals surface area contributed by atoms with Crippen molar-refractivity contribution in [3.8, 4) is 0 Å². The number of sulfonamides is 1. The summed E-state index contributed by atoms with van der Waals surface area (Å²) >= 11 is 0. The summed E-state index contributed by atoms with van der Waals surface area (Å²) < 4.78 is 62.2. The molecule has 6 nitrogen and oxygen atoms in total. The molecule has 1 rings (SSSR count). The summed E-state index contributed by atoms with van der Waals surface area (Å²) in [7, 11) is -7.91. The lowest BCUT2D eigenvalue weighted by Gasteiger charge is -2.18. The molecule has 114 valence electrons. The molecule has 0 fully saturated rings. The number of benzene rings is 1. The van der Waals surface area contributed by atoms with E-state index in [9.17, 15) is 26.3 Å². The van der Waals surface area contributed by atoms with Gasteiger partial charge in [-0.3, -0.25) is 0 Å². The van der Waals surface area contributed by atoms with Crippen LogP contribution < -0.4 is 4.72 Å². The molecule has 0 aliphatic rings. The van der Waals surface area contributed by atoms with Gasteiger partial charge < -0.3 is 5.11 Å². The van der Waals surface area contributed by atoms with E-state index in [1.165, 1.54) is 13.8 Å². The maximum atomic E-state index is 13.6. The number of hydrogen-bond donors (Lipinski definition) is 2. The summed E-state index contributed by atoms with van der Waals surface area (Å²) in [5.74, 6) is -1.07. The van der Waals surface area contributed by atoms with Gasteiger partial charge in [-0.15, -0.1) is 0 Å². The van der Waals surface area contributed by atoms with Gasteiger partial charge in [0.05, 0.1) is 10.5 Å². The van der Waals surface area contributed by atoms with Crippen LogP contribution in [0.1, 0.15) is 13.8 Å². The van der Waals surface area contributed by atoms with Gasteiger partial charge in [0.1, 0.15) is 10.7 Å². The normalized spacial score (nSPS) is 13.4. The quantitative estimate of drug-likeness (QED) is 0.757. The molecule has 0 atom stereocenters. The van der Waals surface area contributed by atoms with Crippen molar-refractivity contribution in [2.45, 2.75) is 29.2 Å². The van der Waals surface area contributed by atoms with E-state index in [0.29, 0.717) is 0 Å². The third kappa shape index (κ3) is 4.51. The Morgan fingerprint density at radius 2 is 1.80 bits per heavy atom. The molecule has 20 heavy (non-hydrogen) atoms. The zero-order chi connectivity index (χ0) is 15.8. The highest BCUT2D eigenvalue weighted by Crippen LogP contribution is 2.19. The zero-order valence-electron chi connectivity index (χ0n) is 11.2. The number of sulfone groups is 1. The van der Waals surface area contributed by atoms with Crippen LogP contribution in [-0.2, 0) is 19.9 Å². The Morgan fingerprint density at radius 3 is 2.25 bits per heavy atom. The molecule has 0 radical (unpaired) electrons. The van der Waals surface area contributed by atoms with Gasteiger partial charge in [-0.25, -0.2) is 25.9 Å². The van der Waals surface area contributed by atoms with Crippen molar-refractivity contribution >= 4 is 19.9 Å². The maximum absolute atomic E-state index is 13.6. The molecule has 2 N–H and O–H groups in total. The molecule has 0 amide bonds. The number of hydrogen-bond acceptors (Lipinski definition) is 5. The van der Waals surface area contributed by atoms with E-state index in [0.717, 1.165) is 24.5 Å². The Balaban J connectivity index is 3.25. The van der Waals surface area contributed by atoms with E-state index >= 15 is 0 Å². The highest BCUT2D eigenvalue weighted by molar-refractivity contribution is 7.91. The maximum Gasteiger partial charge on any atom is 0.243 e. The Labute approximate surface area is 117 Å². The molecule has 0 saturated carbocycles. The predicted molar refractivity (Wildman–Crippen MR) is 71.0 cm³/mol. The second kappa shape index (κ2) is 5.40. The predicted octanol–water partition coefficient (Wildman–Crippen LogP) is 0.278. The molecule has 0 bridgehead atoms. The average Bonchev–Trinajstić information content (AvgIpc) is 2.24. The topological polar surface area (TPSA) is 101 Å². The van der Waals surface area contributed by atoms with Crippen LogP contribution in [0.25, 0.3) is 0 Å². The molecule has 1 aromatic rings. The monoisotopic (exact) mass is 325 g/mol. The highest BCUT2D eigenvalue weighted by atomic mass is 32.2. The first kappa shape index (κ1) is 17.0. The van der Waals surface area contributed by atoms with Crippen LogP contribution in [0.2, 0.25) is 0 Å². The van der Waals surface area contributed by atoms with Crippen LogP contribution in [0.15, 0.2) is 28.0 Å². The Kier molecular flexibility index (Phi) is 4.59. The first-order valence-electron chi connectivity index (χ1n) is 5.55. The van der Waals surface area contributed by atoms with Gasteiger partial charge in [-0.2, -0.15) is 0 Å². The molecule has 0 unspecified atom stereocenters. The molecule has 0 aliphatic heterocycles. The van der Waals surface area contributed by atoms with Gasteiger partial charge in [0, 0.05) is 12.8 Å². The van der Waals surface area contributed by atoms with Crippen LogP contribution in [0.5, 0.6) is 0 Å². The lowest BCUT2D eigenvalue weighted by atomic mass is 10.1. The van der Waals surface area contributed by atoms with Crippen molar-refractivity contribution in [2.75, 3.05) is 12.8 Å². The standard InChI is InChI=1S/C11H16FNO5S2/c1-11(2,14)7-13-20(17,18)10-6-8(19(3,15)16)4-5-9(10)12/h4-6,13-14H,7H2,1-3H3. The average molecular weight is 325 g/mol. The molecular weight excluding hydrogens is 309 g/mol. The van der Waals surface area contributed by atoms with E-state index in [2.05, 4.69) is 0 Å². The molecule has 0 heterocycles. The minimum Gasteiger partial charge on any atom is -0.389 e. The van der Waals surface area contributed by atoms with Crippen molar-refractivity contribution in [3.63, 3.8) is 0 Å². The van der Waals surface area contributed by atoms with E-state index < -0.39 is 36.2 Å². The van der Waals surface area contributed by atoms with Gasteiger partial charge in [0.25, 0.3) is 0 Å². The van der Waals surface area contributed by atoms with Crippen molar-refractivity contribution in [1.29, 1.82) is 0 Å². The van der Waals surface area contributed by atoms with E-state index in [1.54, 1.807) is 0 Å². The van der Waals surface area contributed by atoms with Crippen molar-refractivity contribution in [3.05, 3.63) is 24.0 Å². The number of rotatable bonds is 5. The largest absolute Gasteiger partial charge is 0.389 e. The molecule has 9 heteroatoms. The third-order valence-electron chi connectivity index (χ3n) is 2.32. The van der Waals surface area contributed by atoms with Gasteiger partial charge in [0.15, 0.2) is 9.84 Å². The fraction of sp³-hybridized carbons (Fsp3) is 0.455. The SMILES string of the molecule is CC(C)(O)CNS(=O)(=O)c1cc(S(C)(=O)=O)ccc1F. The lowest BCUT2D eigenvalue weighted by Crippen LogP contribution is -2.38. The summed E-state index contributed by atoms with van der Waals surface area (Å²) in [6.07, 6.45) is 0.890. The minimum absolute atomic E-state index is 0.303. The summed E-state index contributed by atoms with van der Waals surface area (Å²) in [6.45, 7) is 2.41. The summed E-state index contributed by atoms with van der Waals surface area (Å²) in [5.41, 5.74) is -1.32. The second-order valence-corrected chi connectivity index (χ2v) is 8.75. The summed E-state index contributed by atoms with van der Waals surface area (Å²) in [6, 6.07) is 2.51. The van der Waals surface area contributed by atoms with Crippen LogP contribution in [-0.4, -0.2) is 40.3 Å². The molecule has 0 spiro atoms. The third-order valence-corrected chi connectivity index (χ3v) is 4.84. The number of halogens is 1. The molecule has 0 aromatic heterocycles. The Morgan fingerprint density at radius 1 is 1.25 bits per heavy atom. The van der Waals surface area contributed by atoms with E-state index in [1.807, 2.05) is 4.72 Å². The first-order chi connectivity index (χ1) is 8.83. The Bertz CT molecular complexity index is 705. The van der Waals surface area contributed by atoms with E-state index in [4.69, 9.17) is 0 Å². The molecule has 0 aliphatic carbocycles. The van der Waals surface area contributed by atoms with Crippen LogP contribution in [0.4, 0.5) is 4.39 Å². The smallest absolute Gasteiger partial charge is 0.243 e. The number of aliphatic hydroxyl groups is 1. The fourth-order valence-corrected chi connectivity index (χ4v) is 3.30. The second-order valence-electron chi connectivity index (χ2n) is 5.00. The molecular formula is C11H16FNO5S2. The van der Waals surface area contributed by atoms with Gasteiger partial charge in [-0.05, 0) is 32.0 Å². The Hall–Kier alpha value is -1.03. The van der Waals surface area contributed by atoms with Crippen molar-refractivity contribution in [1.82, 2.24) is 4.72 Å².